The molecule has 2 aromatic rings. The third kappa shape index (κ3) is 3.66. The number of anilines is 1. The lowest BCUT2D eigenvalue weighted by molar-refractivity contribution is 0.885. The quantitative estimate of drug-likeness (QED) is 0.607. The fourth-order valence-corrected chi connectivity index (χ4v) is 3.33. The second-order valence-corrected chi connectivity index (χ2v) is 6.37. The zero-order chi connectivity index (χ0) is 14.9. The van der Waals surface area contributed by atoms with Gasteiger partial charge in [-0.25, -0.2) is 0 Å². The van der Waals surface area contributed by atoms with E-state index in [2.05, 4.69) is 5.32 Å². The predicted octanol–water partition coefficient (Wildman–Crippen LogP) is 7.13. The molecule has 0 saturated carbocycles. The molecule has 0 heterocycles. The Morgan fingerprint density at radius 3 is 1.90 bits per heavy atom. The molecule has 0 saturated heterocycles. The average molecular weight is 370 g/mol. The Hall–Kier alpha value is -0.310. The molecule has 0 fully saturated rings. The molecule has 0 bridgehead atoms. The standard InChI is InChI=1S/C14H10Cl5N/c1-7(10-3-2-8(15)4-11(10)17)20-14-12(18)5-9(16)6-13(14)19/h2-7,20H,1H3. The first-order chi connectivity index (χ1) is 9.38. The van der Waals surface area contributed by atoms with Gasteiger partial charge in [-0.3, -0.25) is 0 Å². The molecular formula is C14H10Cl5N. The van der Waals surface area contributed by atoms with Crippen LogP contribution in [0.1, 0.15) is 18.5 Å². The van der Waals surface area contributed by atoms with Crippen molar-refractivity contribution >= 4 is 63.7 Å². The van der Waals surface area contributed by atoms with Crippen LogP contribution in [0, 0.1) is 0 Å². The highest BCUT2D eigenvalue weighted by molar-refractivity contribution is 6.41. The molecule has 106 valence electrons. The molecule has 1 N–H and O–H groups in total. The fraction of sp³-hybridized carbons (Fsp3) is 0.143. The van der Waals surface area contributed by atoms with Crippen LogP contribution in [0.25, 0.3) is 0 Å². The minimum absolute atomic E-state index is 0.0871. The summed E-state index contributed by atoms with van der Waals surface area (Å²) in [6, 6.07) is 8.52. The van der Waals surface area contributed by atoms with Crippen molar-refractivity contribution in [1.29, 1.82) is 0 Å². The molecule has 0 aliphatic heterocycles. The van der Waals surface area contributed by atoms with E-state index in [4.69, 9.17) is 58.0 Å². The molecule has 1 nitrogen and oxygen atoms in total. The fourth-order valence-electron chi connectivity index (χ4n) is 1.83. The minimum atomic E-state index is -0.0871. The van der Waals surface area contributed by atoms with E-state index in [1.54, 1.807) is 24.3 Å². The summed E-state index contributed by atoms with van der Waals surface area (Å²) in [6.45, 7) is 1.95. The number of benzene rings is 2. The van der Waals surface area contributed by atoms with Gasteiger partial charge in [-0.2, -0.15) is 0 Å². The first-order valence-electron chi connectivity index (χ1n) is 5.74. The lowest BCUT2D eigenvalue weighted by atomic mass is 10.1. The normalized spacial score (nSPS) is 12.3. The summed E-state index contributed by atoms with van der Waals surface area (Å²) in [5.74, 6) is 0. The zero-order valence-electron chi connectivity index (χ0n) is 10.4. The average Bonchev–Trinajstić information content (AvgIpc) is 2.33. The molecule has 6 heteroatoms. The summed E-state index contributed by atoms with van der Waals surface area (Å²) >= 11 is 30.2. The Balaban J connectivity index is 2.30. The van der Waals surface area contributed by atoms with Crippen LogP contribution in [0.2, 0.25) is 25.1 Å². The van der Waals surface area contributed by atoms with Crippen LogP contribution in [0.3, 0.4) is 0 Å². The number of rotatable bonds is 3. The lowest BCUT2D eigenvalue weighted by Crippen LogP contribution is -2.08. The van der Waals surface area contributed by atoms with Crippen molar-refractivity contribution in [3.8, 4) is 0 Å². The maximum atomic E-state index is 6.18. The summed E-state index contributed by atoms with van der Waals surface area (Å²) in [4.78, 5) is 0. The molecule has 0 amide bonds. The van der Waals surface area contributed by atoms with Gasteiger partial charge >= 0.3 is 0 Å². The highest BCUT2D eigenvalue weighted by Gasteiger charge is 2.14. The van der Waals surface area contributed by atoms with Crippen LogP contribution >= 0.6 is 58.0 Å². The molecule has 0 aromatic heterocycles. The number of hydrogen-bond acceptors (Lipinski definition) is 1. The molecule has 0 aliphatic rings. The molecule has 20 heavy (non-hydrogen) atoms. The summed E-state index contributed by atoms with van der Waals surface area (Å²) in [5.41, 5.74) is 1.52. The van der Waals surface area contributed by atoms with Crippen LogP contribution in [0.15, 0.2) is 30.3 Å². The van der Waals surface area contributed by atoms with Crippen molar-refractivity contribution in [2.45, 2.75) is 13.0 Å². The summed E-state index contributed by atoms with van der Waals surface area (Å²) in [5, 5.41) is 5.81. The molecule has 2 rings (SSSR count). The highest BCUT2D eigenvalue weighted by atomic mass is 35.5. The molecule has 0 spiro atoms. The maximum Gasteiger partial charge on any atom is 0.0724 e. The molecular weight excluding hydrogens is 359 g/mol. The van der Waals surface area contributed by atoms with Gasteiger partial charge in [0.1, 0.15) is 0 Å². The Bertz CT molecular complexity index is 618. The predicted molar refractivity (Wildman–Crippen MR) is 90.0 cm³/mol. The van der Waals surface area contributed by atoms with Gasteiger partial charge in [0.2, 0.25) is 0 Å². The Kier molecular flexibility index (Phi) is 5.33. The van der Waals surface area contributed by atoms with Gasteiger partial charge in [-0.15, -0.1) is 0 Å². The van der Waals surface area contributed by atoms with Crippen LogP contribution in [-0.2, 0) is 0 Å². The maximum absolute atomic E-state index is 6.18. The van der Waals surface area contributed by atoms with E-state index in [1.165, 1.54) is 0 Å². The van der Waals surface area contributed by atoms with Gasteiger partial charge in [0.25, 0.3) is 0 Å². The highest BCUT2D eigenvalue weighted by Crippen LogP contribution is 2.37. The smallest absolute Gasteiger partial charge is 0.0724 e. The summed E-state index contributed by atoms with van der Waals surface area (Å²) < 4.78 is 0. The van der Waals surface area contributed by atoms with Crippen LogP contribution in [-0.4, -0.2) is 0 Å². The van der Waals surface area contributed by atoms with E-state index in [1.807, 2.05) is 13.0 Å². The lowest BCUT2D eigenvalue weighted by Gasteiger charge is -2.19. The van der Waals surface area contributed by atoms with E-state index in [9.17, 15) is 0 Å². The van der Waals surface area contributed by atoms with Gasteiger partial charge in [0.05, 0.1) is 21.8 Å². The van der Waals surface area contributed by atoms with E-state index >= 15 is 0 Å². The van der Waals surface area contributed by atoms with Crippen molar-refractivity contribution in [1.82, 2.24) is 0 Å². The Morgan fingerprint density at radius 1 is 0.800 bits per heavy atom. The van der Waals surface area contributed by atoms with Gasteiger partial charge in [0.15, 0.2) is 0 Å². The van der Waals surface area contributed by atoms with Gasteiger partial charge in [0, 0.05) is 15.1 Å². The SMILES string of the molecule is CC(Nc1c(Cl)cc(Cl)cc1Cl)c1ccc(Cl)cc1Cl. The zero-order valence-corrected chi connectivity index (χ0v) is 14.1. The summed E-state index contributed by atoms with van der Waals surface area (Å²) in [6.07, 6.45) is 0. The third-order valence-electron chi connectivity index (χ3n) is 2.80. The second kappa shape index (κ2) is 6.64. The first kappa shape index (κ1) is 16.1. The van der Waals surface area contributed by atoms with Crippen LogP contribution in [0.4, 0.5) is 5.69 Å². The Labute approximate surface area is 142 Å². The topological polar surface area (TPSA) is 12.0 Å². The number of hydrogen-bond donors (Lipinski definition) is 1. The molecule has 0 radical (unpaired) electrons. The number of halogens is 5. The van der Waals surface area contributed by atoms with E-state index in [-0.39, 0.29) is 6.04 Å². The summed E-state index contributed by atoms with van der Waals surface area (Å²) in [7, 11) is 0. The van der Waals surface area contributed by atoms with Crippen molar-refractivity contribution in [2.24, 2.45) is 0 Å². The van der Waals surface area contributed by atoms with E-state index in [0.29, 0.717) is 30.8 Å². The first-order valence-corrected chi connectivity index (χ1v) is 7.63. The van der Waals surface area contributed by atoms with Crippen molar-refractivity contribution in [2.75, 3.05) is 5.32 Å². The van der Waals surface area contributed by atoms with E-state index in [0.717, 1.165) is 5.56 Å². The Morgan fingerprint density at radius 2 is 1.35 bits per heavy atom. The van der Waals surface area contributed by atoms with Gasteiger partial charge in [-0.05, 0) is 36.8 Å². The van der Waals surface area contributed by atoms with Crippen molar-refractivity contribution in [3.63, 3.8) is 0 Å². The van der Waals surface area contributed by atoms with Crippen LogP contribution in [0.5, 0.6) is 0 Å². The second-order valence-electron chi connectivity index (χ2n) is 4.28. The minimum Gasteiger partial charge on any atom is -0.376 e. The molecule has 1 unspecified atom stereocenters. The molecule has 1 atom stereocenters. The monoisotopic (exact) mass is 367 g/mol. The van der Waals surface area contributed by atoms with Gasteiger partial charge in [-0.1, -0.05) is 64.1 Å². The molecule has 2 aromatic carbocycles. The van der Waals surface area contributed by atoms with Gasteiger partial charge < -0.3 is 5.32 Å². The van der Waals surface area contributed by atoms with Crippen molar-refractivity contribution < 1.29 is 0 Å². The van der Waals surface area contributed by atoms with E-state index < -0.39 is 0 Å². The van der Waals surface area contributed by atoms with Crippen LogP contribution < -0.4 is 5.32 Å². The molecule has 0 aliphatic carbocycles. The van der Waals surface area contributed by atoms with Crippen molar-refractivity contribution in [3.05, 3.63) is 61.0 Å². The largest absolute Gasteiger partial charge is 0.376 e. The number of nitrogens with one attached hydrogen (secondary N) is 1. The third-order valence-corrected chi connectivity index (χ3v) is 4.17.